The molecule has 32 heavy (non-hydrogen) atoms. The van der Waals surface area contributed by atoms with Crippen LogP contribution in [0, 0.1) is 6.92 Å². The number of sulfonamides is 1. The first-order valence-electron chi connectivity index (χ1n) is 9.79. The third kappa shape index (κ3) is 6.38. The Morgan fingerprint density at radius 2 is 1.62 bits per heavy atom. The molecule has 168 valence electrons. The molecule has 0 spiro atoms. The number of hydrogen-bond donors (Lipinski definition) is 2. The Hall–Kier alpha value is -2.74. The third-order valence-electron chi connectivity index (χ3n) is 4.48. The van der Waals surface area contributed by atoms with Crippen molar-refractivity contribution in [2.45, 2.75) is 31.3 Å². The van der Waals surface area contributed by atoms with Gasteiger partial charge in [-0.05, 0) is 73.5 Å². The van der Waals surface area contributed by atoms with E-state index in [4.69, 9.17) is 27.9 Å². The monoisotopic (exact) mass is 492 g/mol. The number of aryl methyl sites for hydroxylation is 1. The third-order valence-corrected chi connectivity index (χ3v) is 6.31. The van der Waals surface area contributed by atoms with Crippen LogP contribution < -0.4 is 14.8 Å². The van der Waals surface area contributed by atoms with Gasteiger partial charge in [-0.25, -0.2) is 8.42 Å². The Morgan fingerprint density at radius 1 is 0.969 bits per heavy atom. The van der Waals surface area contributed by atoms with Gasteiger partial charge < -0.3 is 10.1 Å². The number of rotatable bonds is 8. The topological polar surface area (TPSA) is 84.5 Å². The summed E-state index contributed by atoms with van der Waals surface area (Å²) in [4.78, 5) is 12.7. The normalized spacial score (nSPS) is 12.1. The van der Waals surface area contributed by atoms with Crippen LogP contribution >= 0.6 is 23.2 Å². The van der Waals surface area contributed by atoms with E-state index >= 15 is 0 Å². The van der Waals surface area contributed by atoms with Gasteiger partial charge in [0, 0.05) is 15.7 Å². The predicted molar refractivity (Wildman–Crippen MR) is 128 cm³/mol. The van der Waals surface area contributed by atoms with Gasteiger partial charge in [0.1, 0.15) is 5.75 Å². The summed E-state index contributed by atoms with van der Waals surface area (Å²) in [6, 6.07) is 17.7. The van der Waals surface area contributed by atoms with Crippen molar-refractivity contribution < 1.29 is 17.9 Å². The molecule has 0 radical (unpaired) electrons. The molecule has 0 fully saturated rings. The van der Waals surface area contributed by atoms with Gasteiger partial charge in [-0.2, -0.15) is 0 Å². The van der Waals surface area contributed by atoms with Gasteiger partial charge in [-0.15, -0.1) is 0 Å². The van der Waals surface area contributed by atoms with Gasteiger partial charge in [-0.1, -0.05) is 42.3 Å². The van der Waals surface area contributed by atoms with Gasteiger partial charge in [0.2, 0.25) is 0 Å². The molecule has 0 unspecified atom stereocenters. The first-order chi connectivity index (χ1) is 15.2. The smallest absolute Gasteiger partial charge is 0.265 e. The maximum absolute atomic E-state index is 12.6. The number of carbonyl (C=O) groups excluding carboxylic acids is 1. The van der Waals surface area contributed by atoms with Crippen molar-refractivity contribution in [3.05, 3.63) is 82.3 Å². The van der Waals surface area contributed by atoms with E-state index < -0.39 is 16.1 Å². The molecule has 0 aliphatic carbocycles. The fourth-order valence-corrected chi connectivity index (χ4v) is 4.51. The summed E-state index contributed by atoms with van der Waals surface area (Å²) in [5, 5.41) is 3.38. The zero-order valence-electron chi connectivity index (χ0n) is 17.4. The molecule has 0 bridgehead atoms. The van der Waals surface area contributed by atoms with Gasteiger partial charge >= 0.3 is 0 Å². The van der Waals surface area contributed by atoms with Crippen molar-refractivity contribution in [3.8, 4) is 5.75 Å². The molecule has 1 amide bonds. The molecule has 3 aromatic rings. The van der Waals surface area contributed by atoms with E-state index in [1.54, 1.807) is 6.07 Å². The molecule has 0 aliphatic heterocycles. The molecular formula is C23H22Cl2N2O4S. The Kier molecular flexibility index (Phi) is 7.66. The molecule has 1 atom stereocenters. The van der Waals surface area contributed by atoms with Crippen LogP contribution in [0.15, 0.2) is 71.6 Å². The maximum Gasteiger partial charge on any atom is 0.265 e. The number of amides is 1. The van der Waals surface area contributed by atoms with Crippen molar-refractivity contribution >= 4 is 50.5 Å². The summed E-state index contributed by atoms with van der Waals surface area (Å²) in [6.07, 6.45) is -0.215. The summed E-state index contributed by atoms with van der Waals surface area (Å²) in [5.41, 5.74) is 1.73. The van der Waals surface area contributed by atoms with E-state index in [0.29, 0.717) is 27.9 Å². The molecule has 0 aliphatic rings. The molecule has 0 saturated carbocycles. The first-order valence-corrected chi connectivity index (χ1v) is 12.0. The number of halogens is 2. The number of carbonyl (C=O) groups is 1. The van der Waals surface area contributed by atoms with Crippen LogP contribution in [-0.4, -0.2) is 20.4 Å². The molecule has 3 aromatic carbocycles. The highest BCUT2D eigenvalue weighted by Gasteiger charge is 2.20. The zero-order valence-corrected chi connectivity index (χ0v) is 19.8. The van der Waals surface area contributed by atoms with Crippen molar-refractivity contribution in [2.24, 2.45) is 0 Å². The summed E-state index contributed by atoms with van der Waals surface area (Å²) >= 11 is 11.8. The molecule has 0 heterocycles. The predicted octanol–water partition coefficient (Wildman–Crippen LogP) is 5.90. The average Bonchev–Trinajstić information content (AvgIpc) is 2.71. The van der Waals surface area contributed by atoms with Crippen LogP contribution in [0.3, 0.4) is 0 Å². The van der Waals surface area contributed by atoms with Gasteiger partial charge in [0.25, 0.3) is 15.9 Å². The van der Waals surface area contributed by atoms with Crippen molar-refractivity contribution in [2.75, 3.05) is 10.0 Å². The highest BCUT2D eigenvalue weighted by molar-refractivity contribution is 7.92. The molecule has 2 N–H and O–H groups in total. The van der Waals surface area contributed by atoms with Crippen LogP contribution in [-0.2, 0) is 14.8 Å². The number of benzene rings is 3. The summed E-state index contributed by atoms with van der Waals surface area (Å²) in [7, 11) is -3.86. The number of ether oxygens (including phenoxy) is 1. The fourth-order valence-electron chi connectivity index (χ4n) is 2.94. The van der Waals surface area contributed by atoms with E-state index in [-0.39, 0.29) is 16.5 Å². The first kappa shape index (κ1) is 23.9. The molecule has 0 saturated heterocycles. The molecule has 9 heteroatoms. The fraction of sp³-hybridized carbons (Fsp3) is 0.174. The second-order valence-electron chi connectivity index (χ2n) is 7.11. The Labute approximate surface area is 197 Å². The second-order valence-corrected chi connectivity index (χ2v) is 9.66. The minimum Gasteiger partial charge on any atom is -0.481 e. The number of anilines is 2. The van der Waals surface area contributed by atoms with Crippen molar-refractivity contribution in [1.29, 1.82) is 0 Å². The van der Waals surface area contributed by atoms with E-state index in [1.807, 2.05) is 32.0 Å². The van der Waals surface area contributed by atoms with E-state index in [1.165, 1.54) is 42.5 Å². The summed E-state index contributed by atoms with van der Waals surface area (Å²) < 4.78 is 33.5. The zero-order chi connectivity index (χ0) is 23.3. The molecule has 3 rings (SSSR count). The van der Waals surface area contributed by atoms with E-state index in [0.717, 1.165) is 5.56 Å². The van der Waals surface area contributed by atoms with Crippen LogP contribution in [0.4, 0.5) is 11.4 Å². The highest BCUT2D eigenvalue weighted by atomic mass is 35.5. The lowest BCUT2D eigenvalue weighted by Crippen LogP contribution is -2.32. The maximum atomic E-state index is 12.6. The lowest BCUT2D eigenvalue weighted by Gasteiger charge is -2.18. The summed E-state index contributed by atoms with van der Waals surface area (Å²) in [5.74, 6) is 0.289. The average molecular weight is 493 g/mol. The standard InChI is InChI=1S/C23H22Cl2N2O4S/c1-3-22(31-20-6-4-5-15(2)11-20)23(28)26-18-7-9-21(10-8-18)32(29,30)27-19-13-16(24)12-17(25)14-19/h4-14,22,27H,3H2,1-2H3,(H,26,28)/t22-/m1/s1. The SMILES string of the molecule is CC[C@@H](Oc1cccc(C)c1)C(=O)Nc1ccc(S(=O)(=O)Nc2cc(Cl)cc(Cl)c2)cc1. The van der Waals surface area contributed by atoms with Crippen LogP contribution in [0.25, 0.3) is 0 Å². The molecule has 6 nitrogen and oxygen atoms in total. The second kappa shape index (κ2) is 10.3. The molecular weight excluding hydrogens is 471 g/mol. The van der Waals surface area contributed by atoms with Gasteiger partial charge in [0.15, 0.2) is 6.10 Å². The van der Waals surface area contributed by atoms with E-state index in [9.17, 15) is 13.2 Å². The minimum absolute atomic E-state index is 0.0228. The van der Waals surface area contributed by atoms with Crippen LogP contribution in [0.5, 0.6) is 5.75 Å². The number of hydrogen-bond acceptors (Lipinski definition) is 4. The lowest BCUT2D eigenvalue weighted by molar-refractivity contribution is -0.122. The minimum atomic E-state index is -3.86. The Balaban J connectivity index is 1.68. The van der Waals surface area contributed by atoms with Crippen LogP contribution in [0.2, 0.25) is 10.0 Å². The Bertz CT molecular complexity index is 1190. The van der Waals surface area contributed by atoms with Crippen molar-refractivity contribution in [3.63, 3.8) is 0 Å². The quantitative estimate of drug-likeness (QED) is 0.409. The highest BCUT2D eigenvalue weighted by Crippen LogP contribution is 2.25. The summed E-state index contributed by atoms with van der Waals surface area (Å²) in [6.45, 7) is 3.79. The lowest BCUT2D eigenvalue weighted by atomic mass is 10.2. The van der Waals surface area contributed by atoms with Gasteiger partial charge in [0.05, 0.1) is 10.6 Å². The molecule has 0 aromatic heterocycles. The van der Waals surface area contributed by atoms with Gasteiger partial charge in [-0.3, -0.25) is 9.52 Å². The number of nitrogens with one attached hydrogen (secondary N) is 2. The Morgan fingerprint density at radius 3 is 2.22 bits per heavy atom. The van der Waals surface area contributed by atoms with Crippen molar-refractivity contribution in [1.82, 2.24) is 0 Å². The van der Waals surface area contributed by atoms with E-state index in [2.05, 4.69) is 10.0 Å². The largest absolute Gasteiger partial charge is 0.481 e. The van der Waals surface area contributed by atoms with Crippen LogP contribution in [0.1, 0.15) is 18.9 Å².